The lowest BCUT2D eigenvalue weighted by Crippen LogP contribution is -2.59. The van der Waals surface area contributed by atoms with Crippen LogP contribution in [-0.4, -0.2) is 178 Å². The first-order chi connectivity index (χ1) is 38.5. The molecule has 2 saturated heterocycles. The van der Waals surface area contributed by atoms with E-state index < -0.39 is 90.9 Å². The lowest BCUT2D eigenvalue weighted by molar-refractivity contribution is -0.261. The van der Waals surface area contributed by atoms with Gasteiger partial charge in [-0.25, -0.2) is 4.79 Å². The maximum atomic E-state index is 13.2. The number of hydrogen-bond donors (Lipinski definition) is 4. The van der Waals surface area contributed by atoms with E-state index in [0.29, 0.717) is 57.1 Å². The van der Waals surface area contributed by atoms with Gasteiger partial charge in [0, 0.05) is 77.2 Å². The number of nitrogens with two attached hydrogens (primary N) is 1. The lowest BCUT2D eigenvalue weighted by atomic mass is 9.88. The molecule has 2 aliphatic rings. The monoisotopic (exact) mass is 1150 g/mol. The Kier molecular flexibility index (Phi) is 33.2. The molecule has 2 fully saturated rings. The fourth-order valence-corrected chi connectivity index (χ4v) is 8.11. The van der Waals surface area contributed by atoms with Crippen molar-refractivity contribution >= 4 is 47.2 Å². The van der Waals surface area contributed by atoms with Crippen LogP contribution < -0.4 is 15.2 Å². The van der Waals surface area contributed by atoms with Gasteiger partial charge in [0.1, 0.15) is 29.3 Å². The second kappa shape index (κ2) is 38.1. The minimum atomic E-state index is -1.43. The van der Waals surface area contributed by atoms with Crippen molar-refractivity contribution in [2.45, 2.75) is 144 Å². The van der Waals surface area contributed by atoms with Crippen LogP contribution in [0.3, 0.4) is 0 Å². The van der Waals surface area contributed by atoms with E-state index in [4.69, 9.17) is 68.1 Å². The second-order valence-electron chi connectivity index (χ2n) is 18.3. The van der Waals surface area contributed by atoms with Gasteiger partial charge in [0.25, 0.3) is 0 Å². The number of carboxylic acid groups (broad SMARTS) is 1. The summed E-state index contributed by atoms with van der Waals surface area (Å²) in [6, 6.07) is 8.48. The van der Waals surface area contributed by atoms with E-state index in [2.05, 4.69) is 16.9 Å². The Balaban J connectivity index is 0.000000488. The fourth-order valence-electron chi connectivity index (χ4n) is 8.11. The number of azide groups is 1. The third-order valence-corrected chi connectivity index (χ3v) is 11.7. The Labute approximate surface area is 469 Å². The van der Waals surface area contributed by atoms with Gasteiger partial charge in [-0.15, -0.1) is 0 Å². The number of aromatic carboxylic acids is 1. The van der Waals surface area contributed by atoms with E-state index in [-0.39, 0.29) is 79.4 Å². The van der Waals surface area contributed by atoms with Crippen molar-refractivity contribution in [3.8, 4) is 11.5 Å². The molecule has 0 aliphatic carbocycles. The highest BCUT2D eigenvalue weighted by Crippen LogP contribution is 2.36. The molecule has 2 aromatic carbocycles. The molecule has 0 amide bonds. The Morgan fingerprint density at radius 2 is 1.00 bits per heavy atom. The zero-order valence-electron chi connectivity index (χ0n) is 47.3. The zero-order chi connectivity index (χ0) is 60.6. The van der Waals surface area contributed by atoms with Crippen LogP contribution in [0.4, 0.5) is 0 Å². The van der Waals surface area contributed by atoms with Gasteiger partial charge in [0.2, 0.25) is 24.8 Å². The third kappa shape index (κ3) is 24.9. The van der Waals surface area contributed by atoms with Crippen LogP contribution in [0.2, 0.25) is 0 Å². The maximum Gasteiger partial charge on any atom is 0.339 e. The number of aliphatic hydroxyl groups is 2. The molecule has 5 N–H and O–H groups in total. The molecule has 81 heavy (non-hydrogen) atoms. The third-order valence-electron chi connectivity index (χ3n) is 11.7. The number of carbonyl (C=O) groups excluding carboxylic acids is 7. The number of rotatable bonds is 31. The first kappa shape index (κ1) is 70.5. The zero-order valence-corrected chi connectivity index (χ0v) is 47.3. The molecule has 10 atom stereocenters. The van der Waals surface area contributed by atoms with Crippen molar-refractivity contribution in [1.82, 2.24) is 0 Å². The fraction of sp³-hybridized carbons (Fsp3) is 0.630. The predicted molar refractivity (Wildman–Crippen MR) is 282 cm³/mol. The molecular weight excluding hydrogens is 1070 g/mol. The molecular formula is C54H78N4O23. The minimum Gasteiger partial charge on any atom is -0.478 e. The summed E-state index contributed by atoms with van der Waals surface area (Å²) in [5.41, 5.74) is 14.1. The number of ether oxygens (including phenoxy) is 12. The van der Waals surface area contributed by atoms with E-state index in [1.165, 1.54) is 65.0 Å². The standard InChI is InChI=1S/C27H37N3O11.C20H24O10.C7H17NO2/c1-16-24(17(2)32)41-27(26(39-19(4)34)25(16)38-18(3)33)40-23-8-7-20(15-31)14-21(23)22(35)6-5-10-36-12-13-37-11-9-29-30-28;1-9-16(10(2)22)30-20(18(28-12(4)24)17(9)27-11(3)23)29-15-6-5-13(8-21)7-14(15)19(25)26;1-2-4-9-6-7-10-5-3-8/h7-8,14,16,24-27,31H,5-6,9-13,15H2,1-4H3;5-7,9,16-18,20-21H,8H2,1-4H3,(H,25,26);2-8H2,1H3/t16-,24+,25+,26-,27-;9-,16+,17+,18-,20-;/m11./s1. The summed E-state index contributed by atoms with van der Waals surface area (Å²) in [4.78, 5) is 98.9. The molecule has 2 aliphatic heterocycles. The summed E-state index contributed by atoms with van der Waals surface area (Å²) < 4.78 is 65.7. The molecule has 0 spiro atoms. The quantitative estimate of drug-likeness (QED) is 0.0157. The number of Topliss-reactive ketones (excluding diaryl/α,β-unsaturated/α-hetero) is 3. The summed E-state index contributed by atoms with van der Waals surface area (Å²) >= 11 is 0. The molecule has 0 saturated carbocycles. The Bertz CT molecular complexity index is 2390. The predicted octanol–water partition coefficient (Wildman–Crippen LogP) is 4.14. The summed E-state index contributed by atoms with van der Waals surface area (Å²) in [7, 11) is 0. The Hall–Kier alpha value is -6.65. The normalized spacial score (nSPS) is 21.9. The number of esters is 4. The van der Waals surface area contributed by atoms with E-state index in [1.807, 2.05) is 0 Å². The number of carbonyl (C=O) groups is 8. The van der Waals surface area contributed by atoms with Crippen LogP contribution in [-0.2, 0) is 89.3 Å². The van der Waals surface area contributed by atoms with Gasteiger partial charge >= 0.3 is 29.8 Å². The van der Waals surface area contributed by atoms with Gasteiger partial charge in [-0.3, -0.25) is 33.6 Å². The van der Waals surface area contributed by atoms with Gasteiger partial charge in [-0.1, -0.05) is 38.0 Å². The number of hydrogen-bond acceptors (Lipinski definition) is 24. The number of aliphatic hydroxyl groups excluding tert-OH is 2. The van der Waals surface area contributed by atoms with E-state index >= 15 is 0 Å². The number of benzene rings is 2. The van der Waals surface area contributed by atoms with Gasteiger partial charge in [0.15, 0.2) is 29.6 Å². The van der Waals surface area contributed by atoms with Crippen molar-refractivity contribution < 1.29 is 111 Å². The lowest BCUT2D eigenvalue weighted by Gasteiger charge is -2.43. The Morgan fingerprint density at radius 3 is 1.40 bits per heavy atom. The number of ketones is 3. The van der Waals surface area contributed by atoms with Crippen LogP contribution >= 0.6 is 0 Å². The molecule has 0 unspecified atom stereocenters. The van der Waals surface area contributed by atoms with Crippen molar-refractivity contribution in [2.75, 3.05) is 65.9 Å². The number of nitrogens with zero attached hydrogens (tertiary/aromatic N) is 3. The van der Waals surface area contributed by atoms with Crippen molar-refractivity contribution in [1.29, 1.82) is 0 Å². The maximum absolute atomic E-state index is 13.2. The van der Waals surface area contributed by atoms with Crippen LogP contribution in [0.15, 0.2) is 41.5 Å². The van der Waals surface area contributed by atoms with Gasteiger partial charge < -0.3 is 77.9 Å². The molecule has 0 radical (unpaired) electrons. The van der Waals surface area contributed by atoms with Crippen molar-refractivity contribution in [3.05, 3.63) is 69.1 Å². The topological polar surface area (TPSA) is 383 Å². The van der Waals surface area contributed by atoms with Crippen LogP contribution in [0.25, 0.3) is 10.4 Å². The molecule has 4 rings (SSSR count). The summed E-state index contributed by atoms with van der Waals surface area (Å²) in [5, 5.41) is 31.7. The smallest absolute Gasteiger partial charge is 0.339 e. The first-order valence-electron chi connectivity index (χ1n) is 26.1. The highest BCUT2D eigenvalue weighted by Gasteiger charge is 2.52. The van der Waals surface area contributed by atoms with Crippen molar-refractivity contribution in [3.63, 3.8) is 0 Å². The highest BCUT2D eigenvalue weighted by molar-refractivity contribution is 5.99. The van der Waals surface area contributed by atoms with Crippen LogP contribution in [0.1, 0.15) is 113 Å². The largest absolute Gasteiger partial charge is 0.478 e. The van der Waals surface area contributed by atoms with E-state index in [1.54, 1.807) is 19.9 Å². The van der Waals surface area contributed by atoms with E-state index in [0.717, 1.165) is 20.0 Å². The van der Waals surface area contributed by atoms with Crippen LogP contribution in [0.5, 0.6) is 11.5 Å². The average molecular weight is 1150 g/mol. The second-order valence-corrected chi connectivity index (χ2v) is 18.3. The van der Waals surface area contributed by atoms with Gasteiger partial charge in [-0.05, 0) is 67.6 Å². The van der Waals surface area contributed by atoms with Gasteiger partial charge in [0.05, 0.1) is 58.4 Å². The van der Waals surface area contributed by atoms with Gasteiger partial charge in [-0.2, -0.15) is 0 Å². The number of carboxylic acids is 1. The summed E-state index contributed by atoms with van der Waals surface area (Å²) in [6.45, 7) is 16.7. The summed E-state index contributed by atoms with van der Waals surface area (Å²) in [5.74, 6) is -6.45. The highest BCUT2D eigenvalue weighted by atomic mass is 16.7. The minimum absolute atomic E-state index is 0.0714. The SMILES string of the molecule is CC(=O)O[C@H]1[C@H](Oc2ccc(CO)cc2C(=O)CCCOCCOCCN=[N+]=[N-])O[C@H](C(C)=O)[C@@H](C)[C@@H]1OC(C)=O.CC(=O)O[C@H]1[C@H](Oc2ccc(CO)cc2C(=O)O)O[C@H](C(C)=O)[C@@H](C)[C@@H]1OC(C)=O.CCCOCCOCCN. The van der Waals surface area contributed by atoms with Crippen molar-refractivity contribution in [2.24, 2.45) is 22.7 Å². The average Bonchev–Trinajstić information content (AvgIpc) is 3.41. The molecule has 2 heterocycles. The van der Waals surface area contributed by atoms with Crippen LogP contribution in [0, 0.1) is 11.8 Å². The molecule has 0 aromatic heterocycles. The molecule has 0 bridgehead atoms. The Morgan fingerprint density at radius 1 is 0.593 bits per heavy atom. The summed E-state index contributed by atoms with van der Waals surface area (Å²) in [6.07, 6.45) is -7.96. The molecule has 452 valence electrons. The molecule has 27 nitrogen and oxygen atoms in total. The van der Waals surface area contributed by atoms with E-state index in [9.17, 15) is 53.7 Å². The molecule has 2 aromatic rings. The molecule has 27 heteroatoms. The first-order valence-corrected chi connectivity index (χ1v) is 26.1.